The molecular formula is C43H29BN2S3. The molecule has 0 radical (unpaired) electrons. The van der Waals surface area contributed by atoms with Crippen LogP contribution in [0.25, 0.3) is 11.1 Å². The Balaban J connectivity index is 1.29. The van der Waals surface area contributed by atoms with Crippen molar-refractivity contribution >= 4 is 93.4 Å². The Kier molecular flexibility index (Phi) is 6.08. The van der Waals surface area contributed by atoms with Crippen molar-refractivity contribution in [3.8, 4) is 11.1 Å². The third kappa shape index (κ3) is 3.97. The maximum atomic E-state index is 4.95. The zero-order valence-electron chi connectivity index (χ0n) is 26.7. The van der Waals surface area contributed by atoms with Gasteiger partial charge in [0.05, 0.1) is 0 Å². The van der Waals surface area contributed by atoms with Crippen molar-refractivity contribution < 1.29 is 0 Å². The van der Waals surface area contributed by atoms with Gasteiger partial charge in [0.15, 0.2) is 0 Å². The number of anilines is 6. The third-order valence-corrected chi connectivity index (χ3v) is 13.6. The predicted octanol–water partition coefficient (Wildman–Crippen LogP) is 10.2. The quantitative estimate of drug-likeness (QED) is 0.147. The van der Waals surface area contributed by atoms with Gasteiger partial charge >= 0.3 is 0 Å². The molecule has 6 heteroatoms. The second kappa shape index (κ2) is 10.5. The van der Waals surface area contributed by atoms with Gasteiger partial charge in [-0.2, -0.15) is 0 Å². The van der Waals surface area contributed by atoms with Gasteiger partial charge in [0.2, 0.25) is 0 Å². The lowest BCUT2D eigenvalue weighted by molar-refractivity contribution is 0.858. The Labute approximate surface area is 301 Å². The predicted molar refractivity (Wildman–Crippen MR) is 213 cm³/mol. The van der Waals surface area contributed by atoms with E-state index in [0.717, 1.165) is 10.5 Å². The average molecular weight is 681 g/mol. The summed E-state index contributed by atoms with van der Waals surface area (Å²) in [5.74, 6) is 0.369. The Morgan fingerprint density at radius 1 is 0.633 bits per heavy atom. The van der Waals surface area contributed by atoms with Crippen molar-refractivity contribution in [2.45, 2.75) is 37.7 Å². The van der Waals surface area contributed by atoms with Crippen molar-refractivity contribution in [1.29, 1.82) is 0 Å². The van der Waals surface area contributed by atoms with Crippen LogP contribution < -0.4 is 26.2 Å². The summed E-state index contributed by atoms with van der Waals surface area (Å²) in [7, 11) is 0. The maximum Gasteiger partial charge on any atom is 0.255 e. The highest BCUT2D eigenvalue weighted by Gasteiger charge is 2.50. The molecule has 0 saturated heterocycles. The number of para-hydroxylation sites is 2. The number of fused-ring (bicyclic) bond motifs is 4. The van der Waals surface area contributed by atoms with Crippen molar-refractivity contribution in [2.24, 2.45) is 0 Å². The van der Waals surface area contributed by atoms with Crippen LogP contribution in [-0.4, -0.2) is 12.0 Å². The van der Waals surface area contributed by atoms with Crippen LogP contribution in [0.4, 0.5) is 34.1 Å². The average Bonchev–Trinajstić information content (AvgIpc) is 3.51. The highest BCUT2D eigenvalue weighted by molar-refractivity contribution is 8.01. The fourth-order valence-electron chi connectivity index (χ4n) is 8.73. The van der Waals surface area contributed by atoms with Crippen LogP contribution in [0, 0.1) is 6.92 Å². The molecule has 0 N–H and O–H groups in total. The fraction of sp³-hybridized carbons (Fsp3) is 0.0698. The molecule has 49 heavy (non-hydrogen) atoms. The minimum atomic E-state index is 0.125. The van der Waals surface area contributed by atoms with Crippen LogP contribution in [0.15, 0.2) is 159 Å². The number of benzene rings is 6. The smallest absolute Gasteiger partial charge is 0.255 e. The number of allylic oxidation sites excluding steroid dienone is 3. The van der Waals surface area contributed by atoms with Crippen molar-refractivity contribution in [3.05, 3.63) is 151 Å². The number of thioether (sulfide) groups is 1. The summed E-state index contributed by atoms with van der Waals surface area (Å²) in [6.07, 6.45) is 9.29. The molecule has 0 amide bonds. The first-order chi connectivity index (χ1) is 24.1. The largest absolute Gasteiger partial charge is 0.311 e. The van der Waals surface area contributed by atoms with E-state index in [0.29, 0.717) is 11.2 Å². The normalized spacial score (nSPS) is 18.4. The summed E-state index contributed by atoms with van der Waals surface area (Å²) in [6.45, 7) is 2.37. The Hall–Kier alpha value is -4.49. The summed E-state index contributed by atoms with van der Waals surface area (Å²) >= 11 is 8.97. The Bertz CT molecular complexity index is 2460. The SMILES string of the molecule is Cc1cc2c3c(c1)N(c1ccccc1)c1cc4c(c5c1B3c1c(cc(-c3ccccc3S)cc1N2c1ccccc1)S5)C1C=CC=CC1S4. The molecule has 0 fully saturated rings. The summed E-state index contributed by atoms with van der Waals surface area (Å²) in [6, 6.07) is 42.7. The van der Waals surface area contributed by atoms with E-state index in [4.69, 9.17) is 12.6 Å². The van der Waals surface area contributed by atoms with E-state index in [1.54, 1.807) is 0 Å². The molecule has 2 nitrogen and oxygen atoms in total. The lowest BCUT2D eigenvalue weighted by Gasteiger charge is -2.47. The molecule has 232 valence electrons. The number of hydrogen-bond acceptors (Lipinski definition) is 5. The van der Waals surface area contributed by atoms with Crippen molar-refractivity contribution in [1.82, 2.24) is 0 Å². The minimum Gasteiger partial charge on any atom is -0.311 e. The molecular weight excluding hydrogens is 652 g/mol. The van der Waals surface area contributed by atoms with Gasteiger partial charge < -0.3 is 9.80 Å². The molecule has 6 aromatic carbocycles. The second-order valence-corrected chi connectivity index (χ2v) is 16.2. The highest BCUT2D eigenvalue weighted by atomic mass is 32.2. The van der Waals surface area contributed by atoms with Crippen LogP contribution in [0.5, 0.6) is 0 Å². The van der Waals surface area contributed by atoms with Gasteiger partial charge in [-0.3, -0.25) is 0 Å². The number of hydrogen-bond donors (Lipinski definition) is 1. The van der Waals surface area contributed by atoms with Crippen LogP contribution in [0.1, 0.15) is 17.0 Å². The van der Waals surface area contributed by atoms with Crippen molar-refractivity contribution in [3.63, 3.8) is 0 Å². The lowest BCUT2D eigenvalue weighted by atomic mass is 9.33. The van der Waals surface area contributed by atoms with Gasteiger partial charge in [0.25, 0.3) is 6.71 Å². The van der Waals surface area contributed by atoms with Crippen molar-refractivity contribution in [2.75, 3.05) is 9.80 Å². The number of aryl methyl sites for hydroxylation is 1. The van der Waals surface area contributed by atoms with Gasteiger partial charge in [0.1, 0.15) is 0 Å². The monoisotopic (exact) mass is 680 g/mol. The Morgan fingerprint density at radius 2 is 1.27 bits per heavy atom. The molecule has 0 bridgehead atoms. The molecule has 2 unspecified atom stereocenters. The number of rotatable bonds is 3. The van der Waals surface area contributed by atoms with E-state index in [1.165, 1.54) is 81.9 Å². The van der Waals surface area contributed by atoms with Gasteiger partial charge in [-0.05, 0) is 106 Å². The van der Waals surface area contributed by atoms with Crippen LogP contribution >= 0.6 is 36.2 Å². The molecule has 0 spiro atoms. The zero-order valence-corrected chi connectivity index (χ0v) is 29.2. The molecule has 0 aromatic heterocycles. The van der Waals surface area contributed by atoms with E-state index < -0.39 is 0 Å². The molecule has 4 heterocycles. The van der Waals surface area contributed by atoms with Crippen LogP contribution in [0.3, 0.4) is 0 Å². The van der Waals surface area contributed by atoms with Gasteiger partial charge in [-0.25, -0.2) is 0 Å². The number of nitrogens with zero attached hydrogens (tertiary/aromatic N) is 2. The summed E-state index contributed by atoms with van der Waals surface area (Å²) in [5, 5.41) is 0.422. The second-order valence-electron chi connectivity index (χ2n) is 13.4. The van der Waals surface area contributed by atoms with Gasteiger partial charge in [-0.15, -0.1) is 24.4 Å². The van der Waals surface area contributed by atoms with E-state index in [1.807, 2.05) is 23.5 Å². The van der Waals surface area contributed by atoms with Gasteiger partial charge in [0, 0.05) is 64.9 Å². The third-order valence-electron chi connectivity index (χ3n) is 10.7. The summed E-state index contributed by atoms with van der Waals surface area (Å²) in [5.41, 5.74) is 16.9. The molecule has 4 aliphatic heterocycles. The first-order valence-electron chi connectivity index (χ1n) is 16.9. The van der Waals surface area contributed by atoms with E-state index in [2.05, 4.69) is 156 Å². The van der Waals surface area contributed by atoms with E-state index >= 15 is 0 Å². The fourth-order valence-corrected chi connectivity index (χ4v) is 11.9. The molecule has 0 saturated carbocycles. The molecule has 2 atom stereocenters. The highest BCUT2D eigenvalue weighted by Crippen LogP contribution is 2.57. The van der Waals surface area contributed by atoms with Gasteiger partial charge in [-0.1, -0.05) is 90.7 Å². The first-order valence-corrected chi connectivity index (χ1v) is 19.0. The summed E-state index contributed by atoms with van der Waals surface area (Å²) < 4.78 is 0. The van der Waals surface area contributed by atoms with Crippen LogP contribution in [-0.2, 0) is 0 Å². The first kappa shape index (κ1) is 28.4. The standard InChI is InChI=1S/C43H29BN2S3/c1-25-20-31-40-32(21-25)46(28-14-6-3-7-15-28)34-24-37-39(30-17-9-11-19-36(30)48-37)43-42(34)44(40)41-33(45(31)27-12-4-2-5-13-27)22-26(23-38(41)49-43)29-16-8-10-18-35(29)47/h2-24,30,36,47H,1H3. The number of thiol groups is 1. The molecule has 1 aliphatic carbocycles. The van der Waals surface area contributed by atoms with Crippen LogP contribution in [0.2, 0.25) is 0 Å². The maximum absolute atomic E-state index is 4.95. The zero-order chi connectivity index (χ0) is 32.4. The summed E-state index contributed by atoms with van der Waals surface area (Å²) in [4.78, 5) is 10.3. The van der Waals surface area contributed by atoms with E-state index in [-0.39, 0.29) is 6.71 Å². The molecule has 11 rings (SSSR count). The topological polar surface area (TPSA) is 6.48 Å². The molecule has 5 aliphatic rings. The van der Waals surface area contributed by atoms with E-state index in [9.17, 15) is 0 Å². The lowest BCUT2D eigenvalue weighted by Crippen LogP contribution is -2.63. The minimum absolute atomic E-state index is 0.125. The molecule has 6 aromatic rings. The Morgan fingerprint density at radius 3 is 1.98 bits per heavy atom.